The monoisotopic (exact) mass is 478 g/mol. The smallest absolute Gasteiger partial charge is 0.543 e. The number of fused-ring (bicyclic) bond motifs is 1. The number of hydrogen-bond acceptors (Lipinski definition) is 12. The van der Waals surface area contributed by atoms with E-state index in [1.807, 2.05) is 5.43 Å². The summed E-state index contributed by atoms with van der Waals surface area (Å²) < 4.78 is 4.95. The van der Waals surface area contributed by atoms with Crippen molar-refractivity contribution in [2.75, 3.05) is 25.2 Å². The fraction of sp³-hybridized carbons (Fsp3) is 0.333. The Morgan fingerprint density at radius 3 is 2.77 bits per heavy atom. The average Bonchev–Trinajstić information content (AvgIpc) is 3.15. The summed E-state index contributed by atoms with van der Waals surface area (Å²) in [4.78, 5) is 56.9. The number of β-lactam (4-membered cyclic amide) rings is 1. The molecule has 0 bridgehead atoms. The van der Waals surface area contributed by atoms with Crippen LogP contribution in [0.4, 0.5) is 9.93 Å². The zero-order valence-electron chi connectivity index (χ0n) is 16.3. The van der Waals surface area contributed by atoms with E-state index in [0.717, 1.165) is 16.2 Å². The number of amides is 3. The van der Waals surface area contributed by atoms with Crippen molar-refractivity contribution in [2.45, 2.75) is 5.37 Å². The third-order valence-electron chi connectivity index (χ3n) is 4.00. The largest absolute Gasteiger partial charge is 1.00 e. The maximum Gasteiger partial charge on any atom is 1.00 e. The summed E-state index contributed by atoms with van der Waals surface area (Å²) in [5.41, 5.74) is 9.35. The predicted octanol–water partition coefficient (Wildman–Crippen LogP) is -5.00. The Morgan fingerprint density at radius 2 is 2.16 bits per heavy atom. The SMILES string of the molecule is CO/N=C(/C(=O)NNC(=O)OCC1C(=O)N2C(C(=O)[O-])=CCSC12)c1csc(N)n1.[Na+]. The number of nitrogens with zero attached hydrogens (tertiary/aromatic N) is 3. The minimum atomic E-state index is -1.44. The number of carbonyl (C=O) groups is 4. The van der Waals surface area contributed by atoms with E-state index in [4.69, 9.17) is 10.5 Å². The molecule has 31 heavy (non-hydrogen) atoms. The number of aliphatic carboxylic acids is 1. The molecule has 0 saturated carbocycles. The van der Waals surface area contributed by atoms with Gasteiger partial charge in [-0.3, -0.25) is 19.9 Å². The molecule has 13 nitrogen and oxygen atoms in total. The molecule has 1 saturated heterocycles. The van der Waals surface area contributed by atoms with Crippen LogP contribution in [-0.2, 0) is 24.0 Å². The van der Waals surface area contributed by atoms with Gasteiger partial charge in [-0.15, -0.1) is 23.1 Å². The molecular formula is C15H15N6NaO7S2. The van der Waals surface area contributed by atoms with Crippen LogP contribution in [0.2, 0.25) is 0 Å². The Labute approximate surface area is 205 Å². The van der Waals surface area contributed by atoms with Crippen molar-refractivity contribution >= 4 is 57.8 Å². The first kappa shape index (κ1) is 24.9. The first-order valence-corrected chi connectivity index (χ1v) is 10.2. The topological polar surface area (TPSA) is 188 Å². The second-order valence-corrected chi connectivity index (χ2v) is 7.83. The maximum atomic E-state index is 12.2. The number of carbonyl (C=O) groups excluding carboxylic acids is 4. The summed E-state index contributed by atoms with van der Waals surface area (Å²) in [6.07, 6.45) is 0.365. The minimum Gasteiger partial charge on any atom is -0.543 e. The van der Waals surface area contributed by atoms with E-state index in [1.54, 1.807) is 0 Å². The summed E-state index contributed by atoms with van der Waals surface area (Å²) in [5, 5.41) is 15.8. The van der Waals surface area contributed by atoms with E-state index >= 15 is 0 Å². The Balaban J connectivity index is 0.00000341. The van der Waals surface area contributed by atoms with Crippen LogP contribution in [0.1, 0.15) is 5.69 Å². The Bertz CT molecular complexity index is 952. The van der Waals surface area contributed by atoms with E-state index < -0.39 is 35.2 Å². The van der Waals surface area contributed by atoms with Crippen molar-refractivity contribution in [3.63, 3.8) is 0 Å². The van der Waals surface area contributed by atoms with E-state index in [1.165, 1.54) is 30.3 Å². The van der Waals surface area contributed by atoms with Gasteiger partial charge in [0.05, 0.1) is 17.0 Å². The normalized spacial score (nSPS) is 19.8. The molecular weight excluding hydrogens is 463 g/mol. The van der Waals surface area contributed by atoms with Gasteiger partial charge in [-0.1, -0.05) is 5.16 Å². The number of carboxylic acid groups (broad SMARTS) is 1. The van der Waals surface area contributed by atoms with Gasteiger partial charge >= 0.3 is 35.7 Å². The fourth-order valence-corrected chi connectivity index (χ4v) is 4.48. The quantitative estimate of drug-likeness (QED) is 0.155. The molecule has 2 aliphatic heterocycles. The molecule has 16 heteroatoms. The molecule has 0 aromatic carbocycles. The number of nitrogens with two attached hydrogens (primary N) is 1. The molecule has 2 aliphatic rings. The first-order chi connectivity index (χ1) is 14.3. The third kappa shape index (κ3) is 5.48. The average molecular weight is 478 g/mol. The number of hydrogen-bond donors (Lipinski definition) is 3. The van der Waals surface area contributed by atoms with Crippen molar-refractivity contribution in [3.05, 3.63) is 22.8 Å². The second-order valence-electron chi connectivity index (χ2n) is 5.79. The molecule has 4 N–H and O–H groups in total. The van der Waals surface area contributed by atoms with Crippen LogP contribution in [0.15, 0.2) is 22.3 Å². The molecule has 2 unspecified atom stereocenters. The van der Waals surface area contributed by atoms with Gasteiger partial charge in [-0.2, -0.15) is 0 Å². The number of oxime groups is 1. The number of rotatable bonds is 6. The van der Waals surface area contributed by atoms with Crippen LogP contribution in [-0.4, -0.2) is 64.3 Å². The first-order valence-electron chi connectivity index (χ1n) is 8.25. The Kier molecular flexibility index (Phi) is 8.69. The van der Waals surface area contributed by atoms with Gasteiger partial charge in [0.25, 0.3) is 5.91 Å². The van der Waals surface area contributed by atoms with Crippen LogP contribution >= 0.6 is 23.1 Å². The van der Waals surface area contributed by atoms with Gasteiger partial charge in [-0.25, -0.2) is 15.2 Å². The molecule has 0 aliphatic carbocycles. The minimum absolute atomic E-state index is 0. The third-order valence-corrected chi connectivity index (χ3v) is 5.91. The molecule has 1 aromatic heterocycles. The van der Waals surface area contributed by atoms with Crippen LogP contribution in [0.5, 0.6) is 0 Å². The number of ether oxygens (including phenoxy) is 1. The Morgan fingerprint density at radius 1 is 1.42 bits per heavy atom. The van der Waals surface area contributed by atoms with E-state index in [2.05, 4.69) is 20.4 Å². The molecule has 3 amide bonds. The zero-order valence-corrected chi connectivity index (χ0v) is 19.9. The van der Waals surface area contributed by atoms with Crippen molar-refractivity contribution in [1.82, 2.24) is 20.7 Å². The summed E-state index contributed by atoms with van der Waals surface area (Å²) in [6.45, 7) is -0.295. The van der Waals surface area contributed by atoms with Crippen molar-refractivity contribution < 1.29 is 63.4 Å². The van der Waals surface area contributed by atoms with Gasteiger partial charge in [0.15, 0.2) is 10.8 Å². The van der Waals surface area contributed by atoms with E-state index in [9.17, 15) is 24.3 Å². The molecule has 0 spiro atoms. The van der Waals surface area contributed by atoms with Crippen LogP contribution in [0, 0.1) is 5.92 Å². The van der Waals surface area contributed by atoms with Crippen LogP contribution in [0.3, 0.4) is 0 Å². The van der Waals surface area contributed by atoms with E-state index in [-0.39, 0.29) is 58.4 Å². The van der Waals surface area contributed by atoms with Gasteiger partial charge in [-0.05, 0) is 6.08 Å². The number of carboxylic acids is 1. The number of aromatic nitrogens is 1. The number of nitrogen functional groups attached to an aromatic ring is 1. The molecule has 1 aromatic rings. The standard InChI is InChI=1S/C15H16N6O7S2.Na/c1-27-20-9(7-5-30-14(16)17-7)10(22)18-19-15(26)28-4-6-11(23)21-8(13(24)25)2-3-29-12(6)21;/h2,5-6,12H,3-4H2,1H3,(H2,16,17)(H,18,22)(H,19,26)(H,24,25);/q;+1/p-1/b20-9+;. The van der Waals surface area contributed by atoms with Gasteiger partial charge in [0.2, 0.25) is 5.91 Å². The van der Waals surface area contributed by atoms with Crippen LogP contribution in [0.25, 0.3) is 0 Å². The zero-order chi connectivity index (χ0) is 21.8. The van der Waals surface area contributed by atoms with Gasteiger partial charge < -0.3 is 25.2 Å². The summed E-state index contributed by atoms with van der Waals surface area (Å²) in [7, 11) is 1.23. The molecule has 0 radical (unpaired) electrons. The van der Waals surface area contributed by atoms with E-state index in [0.29, 0.717) is 5.75 Å². The van der Waals surface area contributed by atoms with Gasteiger partial charge in [0, 0.05) is 11.1 Å². The predicted molar refractivity (Wildman–Crippen MR) is 102 cm³/mol. The van der Waals surface area contributed by atoms with Crippen molar-refractivity contribution in [3.8, 4) is 0 Å². The molecule has 160 valence electrons. The summed E-state index contributed by atoms with van der Waals surface area (Å²) in [5.74, 6) is -3.09. The molecule has 3 rings (SSSR count). The van der Waals surface area contributed by atoms with Crippen LogP contribution < -0.4 is 51.2 Å². The van der Waals surface area contributed by atoms with Gasteiger partial charge in [0.1, 0.15) is 25.3 Å². The summed E-state index contributed by atoms with van der Waals surface area (Å²) >= 11 is 2.42. The second kappa shape index (κ2) is 10.8. The number of nitrogens with one attached hydrogen (secondary N) is 2. The molecule has 3 heterocycles. The number of thioether (sulfide) groups is 1. The number of hydrazine groups is 1. The molecule has 1 fully saturated rings. The number of thiazole rings is 1. The molecule has 2 atom stereocenters. The number of anilines is 1. The van der Waals surface area contributed by atoms with Crippen molar-refractivity contribution in [1.29, 1.82) is 0 Å². The van der Waals surface area contributed by atoms with Crippen molar-refractivity contribution in [2.24, 2.45) is 11.1 Å². The summed E-state index contributed by atoms with van der Waals surface area (Å²) in [6, 6.07) is 0. The fourth-order valence-electron chi connectivity index (χ4n) is 2.69. The maximum absolute atomic E-state index is 12.2. The Hall–Kier alpha value is -2.33.